The summed E-state index contributed by atoms with van der Waals surface area (Å²) in [5, 5.41) is 0. The van der Waals surface area contributed by atoms with Crippen LogP contribution in [0.15, 0.2) is 23.0 Å². The molecule has 9 heteroatoms. The lowest BCUT2D eigenvalue weighted by Gasteiger charge is -2.35. The molecule has 1 aliphatic rings. The number of aromatic nitrogens is 2. The summed E-state index contributed by atoms with van der Waals surface area (Å²) in [7, 11) is 0. The molecule has 0 radical (unpaired) electrons. The van der Waals surface area contributed by atoms with Gasteiger partial charge in [-0.3, -0.25) is 14.6 Å². The van der Waals surface area contributed by atoms with Gasteiger partial charge in [0.2, 0.25) is 11.8 Å². The van der Waals surface area contributed by atoms with E-state index in [1.54, 1.807) is 4.90 Å². The summed E-state index contributed by atoms with van der Waals surface area (Å²) in [6.07, 6.45) is 0. The van der Waals surface area contributed by atoms with Crippen molar-refractivity contribution in [3.8, 4) is 0 Å². The normalized spacial score (nSPS) is 14.7. The van der Waals surface area contributed by atoms with E-state index < -0.39 is 28.9 Å². The van der Waals surface area contributed by atoms with Crippen molar-refractivity contribution >= 4 is 11.9 Å². The molecule has 25 heavy (non-hydrogen) atoms. The van der Waals surface area contributed by atoms with Crippen LogP contribution in [0.25, 0.3) is 0 Å². The molecule has 1 aromatic carbocycles. The molecule has 1 fully saturated rings. The number of carbonyl (C=O) groups excluding carboxylic acids is 1. The van der Waals surface area contributed by atoms with Gasteiger partial charge in [-0.1, -0.05) is 0 Å². The molecule has 1 aromatic heterocycles. The van der Waals surface area contributed by atoms with Crippen LogP contribution in [-0.4, -0.2) is 47.0 Å². The van der Waals surface area contributed by atoms with Crippen molar-refractivity contribution in [1.29, 1.82) is 0 Å². The molecular weight excluding hydrogens is 337 g/mol. The summed E-state index contributed by atoms with van der Waals surface area (Å²) in [6, 6.07) is 2.81. The molecule has 6 nitrogen and oxygen atoms in total. The number of nitrogens with zero attached hydrogens (tertiary/aromatic N) is 3. The van der Waals surface area contributed by atoms with E-state index in [0.717, 1.165) is 12.1 Å². The number of hydrogen-bond acceptors (Lipinski definition) is 4. The van der Waals surface area contributed by atoms with Gasteiger partial charge >= 0.3 is 0 Å². The van der Waals surface area contributed by atoms with Crippen molar-refractivity contribution in [3.05, 3.63) is 57.3 Å². The van der Waals surface area contributed by atoms with Crippen molar-refractivity contribution < 1.29 is 18.0 Å². The molecule has 2 heterocycles. The van der Waals surface area contributed by atoms with Crippen LogP contribution in [0, 0.1) is 24.4 Å². The maximum atomic E-state index is 13.7. The zero-order chi connectivity index (χ0) is 18.1. The molecule has 0 atom stereocenters. The summed E-state index contributed by atoms with van der Waals surface area (Å²) in [6.45, 7) is 2.59. The number of amides is 1. The summed E-state index contributed by atoms with van der Waals surface area (Å²) in [4.78, 5) is 33.3. The number of anilines is 1. The highest BCUT2D eigenvalue weighted by Gasteiger charge is 2.25. The van der Waals surface area contributed by atoms with Gasteiger partial charge in [-0.05, 0) is 19.1 Å². The minimum absolute atomic E-state index is 0.00867. The van der Waals surface area contributed by atoms with Crippen LogP contribution in [0.5, 0.6) is 0 Å². The molecule has 0 spiro atoms. The van der Waals surface area contributed by atoms with Gasteiger partial charge in [0, 0.05) is 32.2 Å². The van der Waals surface area contributed by atoms with E-state index in [9.17, 15) is 22.8 Å². The number of aromatic amines is 1. The Balaban J connectivity index is 1.71. The van der Waals surface area contributed by atoms with Crippen molar-refractivity contribution in [2.75, 3.05) is 31.1 Å². The summed E-state index contributed by atoms with van der Waals surface area (Å²) < 4.78 is 40.1. The quantitative estimate of drug-likeness (QED) is 0.888. The third-order valence-electron chi connectivity index (χ3n) is 4.04. The van der Waals surface area contributed by atoms with Gasteiger partial charge in [0.25, 0.3) is 11.5 Å². The second-order valence-electron chi connectivity index (χ2n) is 5.69. The number of carbonyl (C=O) groups is 1. The SMILES string of the molecule is Cc1nc(N2CCN(C(=O)c3ccc(F)cc3F)CC2)[nH]c(=O)c1F. The molecule has 0 unspecified atom stereocenters. The van der Waals surface area contributed by atoms with Gasteiger partial charge in [0.1, 0.15) is 11.6 Å². The maximum absolute atomic E-state index is 13.7. The second-order valence-corrected chi connectivity index (χ2v) is 5.69. The van der Waals surface area contributed by atoms with Crippen LogP contribution in [0.4, 0.5) is 19.1 Å². The first-order valence-electron chi connectivity index (χ1n) is 7.62. The van der Waals surface area contributed by atoms with Crippen LogP contribution < -0.4 is 10.5 Å². The highest BCUT2D eigenvalue weighted by Crippen LogP contribution is 2.16. The Hall–Kier alpha value is -2.84. The first-order chi connectivity index (χ1) is 11.9. The lowest BCUT2D eigenvalue weighted by atomic mass is 10.1. The highest BCUT2D eigenvalue weighted by atomic mass is 19.1. The van der Waals surface area contributed by atoms with Crippen molar-refractivity contribution in [3.63, 3.8) is 0 Å². The van der Waals surface area contributed by atoms with Gasteiger partial charge < -0.3 is 9.80 Å². The minimum atomic E-state index is -0.927. The Kier molecular flexibility index (Phi) is 4.47. The molecule has 1 N–H and O–H groups in total. The smallest absolute Gasteiger partial charge is 0.288 e. The van der Waals surface area contributed by atoms with Gasteiger partial charge in [-0.2, -0.15) is 4.39 Å². The number of piperazine rings is 1. The number of rotatable bonds is 2. The molecule has 2 aromatic rings. The van der Waals surface area contributed by atoms with E-state index in [1.165, 1.54) is 11.8 Å². The Morgan fingerprint density at radius 1 is 1.16 bits per heavy atom. The number of hydrogen-bond donors (Lipinski definition) is 1. The van der Waals surface area contributed by atoms with Crippen LogP contribution in [-0.2, 0) is 0 Å². The fourth-order valence-corrected chi connectivity index (χ4v) is 2.66. The highest BCUT2D eigenvalue weighted by molar-refractivity contribution is 5.94. The summed E-state index contributed by atoms with van der Waals surface area (Å²) in [5.41, 5.74) is -1.06. The zero-order valence-electron chi connectivity index (χ0n) is 13.4. The average Bonchev–Trinajstić information content (AvgIpc) is 2.59. The Morgan fingerprint density at radius 2 is 1.84 bits per heavy atom. The van der Waals surface area contributed by atoms with E-state index in [4.69, 9.17) is 0 Å². The zero-order valence-corrected chi connectivity index (χ0v) is 13.4. The number of aryl methyl sites for hydroxylation is 1. The predicted molar refractivity (Wildman–Crippen MR) is 84.0 cm³/mol. The molecular formula is C16H15F3N4O2. The average molecular weight is 352 g/mol. The molecule has 1 amide bonds. The number of benzene rings is 1. The van der Waals surface area contributed by atoms with E-state index in [-0.39, 0.29) is 30.3 Å². The van der Waals surface area contributed by atoms with Crippen LogP contribution >= 0.6 is 0 Å². The standard InChI is InChI=1S/C16H15F3N4O2/c1-9-13(19)14(24)21-16(20-9)23-6-4-22(5-7-23)15(25)11-3-2-10(17)8-12(11)18/h2-3,8H,4-7H2,1H3,(H,20,21,24). The molecule has 132 valence electrons. The molecule has 0 saturated carbocycles. The van der Waals surface area contributed by atoms with E-state index in [1.807, 2.05) is 0 Å². The molecule has 1 saturated heterocycles. The molecule has 0 bridgehead atoms. The predicted octanol–water partition coefficient (Wildman–Crippen LogP) is 1.46. The Morgan fingerprint density at radius 3 is 2.44 bits per heavy atom. The lowest BCUT2D eigenvalue weighted by Crippen LogP contribution is -2.49. The van der Waals surface area contributed by atoms with Gasteiger partial charge in [0.05, 0.1) is 11.3 Å². The number of halogens is 3. The van der Waals surface area contributed by atoms with Crippen molar-refractivity contribution in [2.45, 2.75) is 6.92 Å². The molecule has 0 aliphatic carbocycles. The van der Waals surface area contributed by atoms with Crippen LogP contribution in [0.2, 0.25) is 0 Å². The third-order valence-corrected chi connectivity index (χ3v) is 4.04. The number of H-pyrrole nitrogens is 1. The minimum Gasteiger partial charge on any atom is -0.339 e. The van der Waals surface area contributed by atoms with Gasteiger partial charge in [-0.15, -0.1) is 0 Å². The molecule has 1 aliphatic heterocycles. The fourth-order valence-electron chi connectivity index (χ4n) is 2.66. The van der Waals surface area contributed by atoms with Crippen LogP contribution in [0.3, 0.4) is 0 Å². The summed E-state index contributed by atoms with van der Waals surface area (Å²) in [5.74, 6) is -2.89. The van der Waals surface area contributed by atoms with Gasteiger partial charge in [-0.25, -0.2) is 13.8 Å². The van der Waals surface area contributed by atoms with E-state index in [0.29, 0.717) is 19.2 Å². The first kappa shape index (κ1) is 17.0. The second kappa shape index (κ2) is 6.58. The first-order valence-corrected chi connectivity index (χ1v) is 7.62. The number of nitrogens with one attached hydrogen (secondary N) is 1. The fraction of sp³-hybridized carbons (Fsp3) is 0.312. The maximum Gasteiger partial charge on any atom is 0.288 e. The third kappa shape index (κ3) is 3.35. The monoisotopic (exact) mass is 352 g/mol. The van der Waals surface area contributed by atoms with Crippen LogP contribution in [0.1, 0.15) is 16.1 Å². The summed E-state index contributed by atoms with van der Waals surface area (Å²) >= 11 is 0. The van der Waals surface area contributed by atoms with E-state index >= 15 is 0 Å². The topological polar surface area (TPSA) is 69.3 Å². The lowest BCUT2D eigenvalue weighted by molar-refractivity contribution is 0.0741. The Labute approximate surface area is 140 Å². The molecule has 3 rings (SSSR count). The van der Waals surface area contributed by atoms with Crippen molar-refractivity contribution in [2.24, 2.45) is 0 Å². The van der Waals surface area contributed by atoms with Gasteiger partial charge in [0.15, 0.2) is 0 Å². The largest absolute Gasteiger partial charge is 0.339 e. The van der Waals surface area contributed by atoms with E-state index in [2.05, 4.69) is 9.97 Å². The Bertz CT molecular complexity index is 876. The van der Waals surface area contributed by atoms with Crippen molar-refractivity contribution in [1.82, 2.24) is 14.9 Å².